The average molecular weight is 193 g/mol. The molecule has 1 aliphatic heterocycles. The largest absolute Gasteiger partial charge is 0.373 e. The van der Waals surface area contributed by atoms with Gasteiger partial charge in [0.05, 0.1) is 6.10 Å². The van der Waals surface area contributed by atoms with Crippen LogP contribution in [0.5, 0.6) is 0 Å². The van der Waals surface area contributed by atoms with Crippen molar-refractivity contribution >= 4 is 5.82 Å². The Bertz CT molecular complexity index is 316. The van der Waals surface area contributed by atoms with Gasteiger partial charge in [-0.1, -0.05) is 0 Å². The highest BCUT2D eigenvalue weighted by Gasteiger charge is 2.25. The molecule has 1 aliphatic rings. The zero-order valence-electron chi connectivity index (χ0n) is 8.53. The van der Waals surface area contributed by atoms with Crippen molar-refractivity contribution in [2.75, 3.05) is 12.4 Å². The van der Waals surface area contributed by atoms with Crippen LogP contribution in [0.2, 0.25) is 0 Å². The summed E-state index contributed by atoms with van der Waals surface area (Å²) < 4.78 is 5.69. The zero-order valence-corrected chi connectivity index (χ0v) is 8.53. The summed E-state index contributed by atoms with van der Waals surface area (Å²) in [6, 6.07) is 1.85. The first kappa shape index (κ1) is 9.40. The highest BCUT2D eigenvalue weighted by atomic mass is 16.5. The molecule has 76 valence electrons. The van der Waals surface area contributed by atoms with Crippen LogP contribution in [0.1, 0.15) is 31.7 Å². The highest BCUT2D eigenvalue weighted by molar-refractivity contribution is 5.31. The molecule has 0 aliphatic carbocycles. The quantitative estimate of drug-likeness (QED) is 0.777. The van der Waals surface area contributed by atoms with Gasteiger partial charge >= 0.3 is 0 Å². The van der Waals surface area contributed by atoms with Gasteiger partial charge in [-0.25, -0.2) is 9.97 Å². The Morgan fingerprint density at radius 3 is 3.00 bits per heavy atom. The van der Waals surface area contributed by atoms with Crippen LogP contribution in [-0.2, 0) is 4.74 Å². The van der Waals surface area contributed by atoms with E-state index in [1.54, 1.807) is 6.20 Å². The molecule has 0 radical (unpaired) electrons. The summed E-state index contributed by atoms with van der Waals surface area (Å²) in [5.41, 5.74) is 0. The van der Waals surface area contributed by atoms with Gasteiger partial charge in [-0.3, -0.25) is 0 Å². The number of nitrogens with one attached hydrogen (secondary N) is 1. The molecule has 4 nitrogen and oxygen atoms in total. The molecule has 2 rings (SSSR count). The maximum atomic E-state index is 5.69. The summed E-state index contributed by atoms with van der Waals surface area (Å²) >= 11 is 0. The third-order valence-electron chi connectivity index (χ3n) is 2.45. The van der Waals surface area contributed by atoms with Crippen molar-refractivity contribution in [2.45, 2.75) is 32.0 Å². The standard InChI is InChI=1S/C10H15N3O/c1-7-3-4-8(14-7)10-12-6-5-9(11-2)13-10/h5-8H,3-4H2,1-2H3,(H,11,12,13). The van der Waals surface area contributed by atoms with Crippen LogP contribution in [0.4, 0.5) is 5.82 Å². The van der Waals surface area contributed by atoms with E-state index in [9.17, 15) is 0 Å². The van der Waals surface area contributed by atoms with Gasteiger partial charge in [-0.15, -0.1) is 0 Å². The molecule has 1 saturated heterocycles. The SMILES string of the molecule is CNc1ccnc(C2CCC(C)O2)n1. The van der Waals surface area contributed by atoms with Crippen LogP contribution in [0.25, 0.3) is 0 Å². The fourth-order valence-electron chi connectivity index (χ4n) is 1.66. The topological polar surface area (TPSA) is 47.0 Å². The van der Waals surface area contributed by atoms with Crippen LogP contribution >= 0.6 is 0 Å². The summed E-state index contributed by atoms with van der Waals surface area (Å²) in [7, 11) is 1.85. The van der Waals surface area contributed by atoms with Crippen LogP contribution in [-0.4, -0.2) is 23.1 Å². The number of aromatic nitrogens is 2. The van der Waals surface area contributed by atoms with Gasteiger partial charge in [0, 0.05) is 13.2 Å². The molecular weight excluding hydrogens is 178 g/mol. The molecular formula is C10H15N3O. The molecule has 0 spiro atoms. The predicted molar refractivity (Wildman–Crippen MR) is 54.1 cm³/mol. The van der Waals surface area contributed by atoms with E-state index >= 15 is 0 Å². The number of ether oxygens (including phenoxy) is 1. The van der Waals surface area contributed by atoms with Gasteiger partial charge in [0.2, 0.25) is 0 Å². The zero-order chi connectivity index (χ0) is 9.97. The van der Waals surface area contributed by atoms with Crippen molar-refractivity contribution in [2.24, 2.45) is 0 Å². The summed E-state index contributed by atoms with van der Waals surface area (Å²) in [5.74, 6) is 1.64. The Morgan fingerprint density at radius 2 is 2.36 bits per heavy atom. The molecule has 14 heavy (non-hydrogen) atoms. The molecule has 4 heteroatoms. The third kappa shape index (κ3) is 1.85. The second-order valence-corrected chi connectivity index (χ2v) is 3.56. The van der Waals surface area contributed by atoms with Crippen molar-refractivity contribution in [3.05, 3.63) is 18.1 Å². The van der Waals surface area contributed by atoms with E-state index in [4.69, 9.17) is 4.74 Å². The van der Waals surface area contributed by atoms with Gasteiger partial charge < -0.3 is 10.1 Å². The van der Waals surface area contributed by atoms with E-state index < -0.39 is 0 Å². The summed E-state index contributed by atoms with van der Waals surface area (Å²) in [6.45, 7) is 2.09. The lowest BCUT2D eigenvalue weighted by Crippen LogP contribution is -2.06. The lowest BCUT2D eigenvalue weighted by Gasteiger charge is -2.10. The Balaban J connectivity index is 2.15. The summed E-state index contributed by atoms with van der Waals surface area (Å²) in [4.78, 5) is 8.59. The van der Waals surface area contributed by atoms with E-state index in [2.05, 4.69) is 22.2 Å². The smallest absolute Gasteiger partial charge is 0.159 e. The van der Waals surface area contributed by atoms with Crippen molar-refractivity contribution in [3.63, 3.8) is 0 Å². The van der Waals surface area contributed by atoms with Gasteiger partial charge in [0.15, 0.2) is 5.82 Å². The highest BCUT2D eigenvalue weighted by Crippen LogP contribution is 2.30. The second kappa shape index (κ2) is 3.92. The van der Waals surface area contributed by atoms with Gasteiger partial charge in [-0.05, 0) is 25.8 Å². The maximum Gasteiger partial charge on any atom is 0.159 e. The summed E-state index contributed by atoms with van der Waals surface area (Å²) in [6.07, 6.45) is 4.30. The number of hydrogen-bond donors (Lipinski definition) is 1. The van der Waals surface area contributed by atoms with Crippen LogP contribution in [0.15, 0.2) is 12.3 Å². The first-order valence-electron chi connectivity index (χ1n) is 4.95. The van der Waals surface area contributed by atoms with Crippen LogP contribution < -0.4 is 5.32 Å². The van der Waals surface area contributed by atoms with Gasteiger partial charge in [0.1, 0.15) is 11.9 Å². The predicted octanol–water partition coefficient (Wildman–Crippen LogP) is 1.76. The average Bonchev–Trinajstić information content (AvgIpc) is 2.65. The molecule has 2 unspecified atom stereocenters. The minimum Gasteiger partial charge on any atom is -0.373 e. The van der Waals surface area contributed by atoms with E-state index in [1.807, 2.05) is 13.1 Å². The fourth-order valence-corrected chi connectivity index (χ4v) is 1.66. The van der Waals surface area contributed by atoms with Gasteiger partial charge in [-0.2, -0.15) is 0 Å². The van der Waals surface area contributed by atoms with Crippen molar-refractivity contribution in [1.82, 2.24) is 9.97 Å². The fraction of sp³-hybridized carbons (Fsp3) is 0.600. The minimum absolute atomic E-state index is 0.0818. The minimum atomic E-state index is 0.0818. The molecule has 2 atom stereocenters. The Morgan fingerprint density at radius 1 is 1.50 bits per heavy atom. The molecule has 1 fully saturated rings. The third-order valence-corrected chi connectivity index (χ3v) is 2.45. The normalized spacial score (nSPS) is 26.4. The molecule has 0 amide bonds. The summed E-state index contributed by atoms with van der Waals surface area (Å²) in [5, 5.41) is 3.00. The Labute approximate surface area is 83.7 Å². The number of rotatable bonds is 2. The van der Waals surface area contributed by atoms with Crippen LogP contribution in [0.3, 0.4) is 0 Å². The van der Waals surface area contributed by atoms with E-state index in [0.29, 0.717) is 6.10 Å². The molecule has 2 heterocycles. The molecule has 1 aromatic heterocycles. The monoisotopic (exact) mass is 193 g/mol. The number of nitrogens with zero attached hydrogens (tertiary/aromatic N) is 2. The molecule has 0 aromatic carbocycles. The lowest BCUT2D eigenvalue weighted by molar-refractivity contribution is 0.0504. The Hall–Kier alpha value is -1.16. The van der Waals surface area contributed by atoms with E-state index in [1.165, 1.54) is 0 Å². The molecule has 1 aromatic rings. The maximum absolute atomic E-state index is 5.69. The lowest BCUT2D eigenvalue weighted by atomic mass is 10.2. The van der Waals surface area contributed by atoms with E-state index in [-0.39, 0.29) is 6.10 Å². The number of hydrogen-bond acceptors (Lipinski definition) is 4. The first-order valence-corrected chi connectivity index (χ1v) is 4.95. The van der Waals surface area contributed by atoms with Gasteiger partial charge in [0.25, 0.3) is 0 Å². The second-order valence-electron chi connectivity index (χ2n) is 3.56. The van der Waals surface area contributed by atoms with Crippen LogP contribution in [0, 0.1) is 0 Å². The molecule has 0 bridgehead atoms. The molecule has 1 N–H and O–H groups in total. The first-order chi connectivity index (χ1) is 6.79. The van der Waals surface area contributed by atoms with Crippen molar-refractivity contribution in [3.8, 4) is 0 Å². The van der Waals surface area contributed by atoms with E-state index in [0.717, 1.165) is 24.5 Å². The Kier molecular flexibility index (Phi) is 2.63. The molecule has 0 saturated carbocycles. The van der Waals surface area contributed by atoms with Crippen molar-refractivity contribution < 1.29 is 4.74 Å². The van der Waals surface area contributed by atoms with Crippen molar-refractivity contribution in [1.29, 1.82) is 0 Å². The number of anilines is 1.